The molecule has 5 rings (SSSR count). The third kappa shape index (κ3) is 5.65. The Hall–Kier alpha value is -1.43. The van der Waals surface area contributed by atoms with Gasteiger partial charge in [-0.2, -0.15) is 0 Å². The van der Waals surface area contributed by atoms with Gasteiger partial charge in [-0.05, 0) is 83.0 Å². The molecule has 1 saturated carbocycles. The fourth-order valence-electron chi connectivity index (χ4n) is 7.70. The van der Waals surface area contributed by atoms with Gasteiger partial charge in [0.2, 0.25) is 15.9 Å². The number of sulfonamides is 1. The van der Waals surface area contributed by atoms with Crippen molar-refractivity contribution in [1.29, 1.82) is 0 Å². The zero-order valence-electron chi connectivity index (χ0n) is 22.4. The number of likely N-dealkylation sites (tertiary alicyclic amines) is 1. The van der Waals surface area contributed by atoms with Gasteiger partial charge in [-0.3, -0.25) is 10.2 Å². The summed E-state index contributed by atoms with van der Waals surface area (Å²) in [5, 5.41) is 4.77. The Balaban J connectivity index is 1.13. The minimum Gasteiger partial charge on any atom is -0.453 e. The summed E-state index contributed by atoms with van der Waals surface area (Å²) in [7, 11) is -1.98. The first-order valence-electron chi connectivity index (χ1n) is 14.4. The summed E-state index contributed by atoms with van der Waals surface area (Å²) in [6.07, 6.45) is 8.21. The Labute approximate surface area is 221 Å². The molecule has 0 aromatic heterocycles. The smallest absolute Gasteiger partial charge is 0.407 e. The van der Waals surface area contributed by atoms with Gasteiger partial charge < -0.3 is 15.0 Å². The van der Waals surface area contributed by atoms with Crippen molar-refractivity contribution in [2.75, 3.05) is 39.8 Å². The van der Waals surface area contributed by atoms with Crippen LogP contribution in [0.3, 0.4) is 0 Å². The average Bonchev–Trinajstić information content (AvgIpc) is 3.56. The summed E-state index contributed by atoms with van der Waals surface area (Å²) in [5.41, 5.74) is 3.58. The van der Waals surface area contributed by atoms with E-state index < -0.39 is 16.1 Å². The average molecular weight is 540 g/mol. The number of hydrazine groups is 1. The molecule has 1 aliphatic carbocycles. The summed E-state index contributed by atoms with van der Waals surface area (Å²) >= 11 is 0. The number of alkyl carbamates (subject to hydrolysis) is 1. The Bertz CT molecular complexity index is 926. The topological polar surface area (TPSA) is 111 Å². The highest BCUT2D eigenvalue weighted by Gasteiger charge is 2.49. The van der Waals surface area contributed by atoms with E-state index in [9.17, 15) is 18.0 Å². The highest BCUT2D eigenvalue weighted by atomic mass is 32.2. The predicted molar refractivity (Wildman–Crippen MR) is 140 cm³/mol. The molecule has 4 atom stereocenters. The summed E-state index contributed by atoms with van der Waals surface area (Å²) in [5.74, 6) is 1.41. The van der Waals surface area contributed by atoms with E-state index in [1.54, 1.807) is 4.31 Å². The number of ether oxygens (including phenoxy) is 1. The van der Waals surface area contributed by atoms with Crippen LogP contribution in [0.15, 0.2) is 0 Å². The fourth-order valence-corrected chi connectivity index (χ4v) is 9.71. The molecule has 5 aliphatic rings. The van der Waals surface area contributed by atoms with E-state index in [1.165, 1.54) is 7.11 Å². The van der Waals surface area contributed by atoms with Gasteiger partial charge >= 0.3 is 6.09 Å². The van der Waals surface area contributed by atoms with Crippen LogP contribution in [0.5, 0.6) is 0 Å². The van der Waals surface area contributed by atoms with Crippen LogP contribution in [0.1, 0.15) is 71.1 Å². The van der Waals surface area contributed by atoms with Gasteiger partial charge in [0.15, 0.2) is 0 Å². The van der Waals surface area contributed by atoms with Crippen molar-refractivity contribution in [2.24, 2.45) is 17.8 Å². The largest absolute Gasteiger partial charge is 0.453 e. The number of amides is 2. The molecule has 210 valence electrons. The van der Waals surface area contributed by atoms with Gasteiger partial charge in [-0.25, -0.2) is 22.5 Å². The number of fused-ring (bicyclic) bond motifs is 1. The lowest BCUT2D eigenvalue weighted by Crippen LogP contribution is -2.50. The molecule has 4 heterocycles. The maximum atomic E-state index is 13.4. The molecular weight excluding hydrogens is 494 g/mol. The fraction of sp³-hybridized carbons (Fsp3) is 0.923. The van der Waals surface area contributed by atoms with Crippen LogP contribution >= 0.6 is 0 Å². The van der Waals surface area contributed by atoms with Crippen LogP contribution < -0.4 is 10.7 Å². The Kier molecular flexibility index (Phi) is 8.33. The number of methoxy groups -OCH3 is 1. The maximum absolute atomic E-state index is 13.4. The van der Waals surface area contributed by atoms with Gasteiger partial charge in [0.05, 0.1) is 18.3 Å². The summed E-state index contributed by atoms with van der Waals surface area (Å²) in [6.45, 7) is 6.11. The van der Waals surface area contributed by atoms with Gasteiger partial charge in [0, 0.05) is 50.8 Å². The molecule has 0 radical (unpaired) electrons. The second kappa shape index (κ2) is 11.4. The molecule has 37 heavy (non-hydrogen) atoms. The van der Waals surface area contributed by atoms with Crippen molar-refractivity contribution in [3.05, 3.63) is 0 Å². The second-order valence-corrected chi connectivity index (χ2v) is 14.1. The molecule has 4 aliphatic heterocycles. The molecule has 0 spiro atoms. The third-order valence-corrected chi connectivity index (χ3v) is 12.2. The first-order chi connectivity index (χ1) is 17.8. The zero-order valence-corrected chi connectivity index (χ0v) is 23.3. The highest BCUT2D eigenvalue weighted by Crippen LogP contribution is 2.41. The number of carbonyl (C=O) groups excluding carboxylic acids is 2. The minimum atomic E-state index is -3.33. The monoisotopic (exact) mass is 539 g/mol. The van der Waals surface area contributed by atoms with Gasteiger partial charge in [0.25, 0.3) is 0 Å². The molecule has 2 N–H and O–H groups in total. The van der Waals surface area contributed by atoms with Crippen molar-refractivity contribution in [1.82, 2.24) is 25.0 Å². The van der Waals surface area contributed by atoms with Crippen LogP contribution in [-0.4, -0.2) is 97.8 Å². The van der Waals surface area contributed by atoms with Crippen LogP contribution in [0, 0.1) is 17.8 Å². The molecule has 5 fully saturated rings. The molecule has 0 aromatic rings. The van der Waals surface area contributed by atoms with Gasteiger partial charge in [-0.1, -0.05) is 0 Å². The van der Waals surface area contributed by atoms with Crippen LogP contribution in [0.2, 0.25) is 0 Å². The number of hydrogen-bond acceptors (Lipinski definition) is 7. The first-order valence-corrected chi connectivity index (χ1v) is 15.9. The Morgan fingerprint density at radius 2 is 1.54 bits per heavy atom. The van der Waals surface area contributed by atoms with Crippen molar-refractivity contribution in [3.63, 3.8) is 0 Å². The number of carbonyl (C=O) groups is 2. The van der Waals surface area contributed by atoms with Crippen LogP contribution in [0.4, 0.5) is 4.79 Å². The van der Waals surface area contributed by atoms with Crippen molar-refractivity contribution >= 4 is 22.0 Å². The Morgan fingerprint density at radius 1 is 0.892 bits per heavy atom. The van der Waals surface area contributed by atoms with Crippen LogP contribution in [-0.2, 0) is 19.6 Å². The lowest BCUT2D eigenvalue weighted by molar-refractivity contribution is -0.136. The molecule has 2 amide bonds. The van der Waals surface area contributed by atoms with E-state index >= 15 is 0 Å². The van der Waals surface area contributed by atoms with Crippen molar-refractivity contribution in [2.45, 2.75) is 94.5 Å². The molecule has 4 saturated heterocycles. The quantitative estimate of drug-likeness (QED) is 0.549. The van der Waals surface area contributed by atoms with Gasteiger partial charge in [-0.15, -0.1) is 0 Å². The Morgan fingerprint density at radius 3 is 2.19 bits per heavy atom. The number of rotatable bonds is 5. The van der Waals surface area contributed by atoms with E-state index in [0.29, 0.717) is 56.5 Å². The third-order valence-electron chi connectivity index (χ3n) is 9.84. The summed E-state index contributed by atoms with van der Waals surface area (Å²) < 4.78 is 33.2. The molecule has 0 bridgehead atoms. The SMILES string of the molecule is COC(=O)NC1CCC(S(=O)(=O)N2CCC(C3CCN4NC(C)C(C(=O)N5CCCC5)C4C3)CC2)CC1. The van der Waals surface area contributed by atoms with E-state index in [0.717, 1.165) is 58.2 Å². The summed E-state index contributed by atoms with van der Waals surface area (Å²) in [6, 6.07) is 0.406. The molecule has 10 nitrogen and oxygen atoms in total. The van der Waals surface area contributed by atoms with Crippen LogP contribution in [0.25, 0.3) is 0 Å². The second-order valence-electron chi connectivity index (χ2n) is 11.9. The van der Waals surface area contributed by atoms with Crippen molar-refractivity contribution < 1.29 is 22.7 Å². The standard InChI is InChI=1S/C26H45N5O5S/c1-18-24(25(32)29-12-3-4-13-29)23-17-20(11-16-31(23)28-18)19-9-14-30(15-10-19)37(34,35)22-7-5-21(6-8-22)27-26(33)36-2/h18-24,28H,3-17H2,1-2H3,(H,27,33). The highest BCUT2D eigenvalue weighted by molar-refractivity contribution is 7.89. The number of nitrogens with one attached hydrogen (secondary N) is 2. The molecule has 11 heteroatoms. The van der Waals surface area contributed by atoms with E-state index in [-0.39, 0.29) is 29.3 Å². The predicted octanol–water partition coefficient (Wildman–Crippen LogP) is 1.92. The summed E-state index contributed by atoms with van der Waals surface area (Å²) in [4.78, 5) is 26.9. The first kappa shape index (κ1) is 27.1. The molecule has 0 aromatic carbocycles. The van der Waals surface area contributed by atoms with Crippen molar-refractivity contribution in [3.8, 4) is 0 Å². The maximum Gasteiger partial charge on any atom is 0.407 e. The minimum absolute atomic E-state index is 0.00975. The lowest BCUT2D eigenvalue weighted by atomic mass is 9.74. The van der Waals surface area contributed by atoms with E-state index in [2.05, 4.69) is 32.3 Å². The normalized spacial score (nSPS) is 36.3. The van der Waals surface area contributed by atoms with Gasteiger partial charge in [0.1, 0.15) is 0 Å². The molecule has 4 unspecified atom stereocenters. The molecular formula is C26H45N5O5S. The zero-order chi connectivity index (χ0) is 26.2. The van der Waals surface area contributed by atoms with E-state index in [4.69, 9.17) is 0 Å². The number of piperidine rings is 2. The van der Waals surface area contributed by atoms with E-state index in [1.807, 2.05) is 0 Å². The number of hydrogen-bond donors (Lipinski definition) is 2. The number of nitrogens with zero attached hydrogens (tertiary/aromatic N) is 3. The lowest BCUT2D eigenvalue weighted by Gasteiger charge is -2.43.